The number of carbonyl (C=O) groups excluding carboxylic acids is 2. The number of azo groups is 1. The fraction of sp³-hybridized carbons (Fsp3) is 0.190. The zero-order valence-corrected chi connectivity index (χ0v) is 15.0. The minimum atomic E-state index is -0.926. The topological polar surface area (TPSA) is 99.6 Å². The Hall–Kier alpha value is -3.61. The van der Waals surface area contributed by atoms with Gasteiger partial charge in [0.1, 0.15) is 11.7 Å². The van der Waals surface area contributed by atoms with Gasteiger partial charge in [0, 0.05) is 5.56 Å². The van der Waals surface area contributed by atoms with Crippen LogP contribution in [0.2, 0.25) is 0 Å². The standard InChI is InChI=1S/C21H17N5O2/c27-20(22-11-17-23-15-7-3-4-8-16(15)24-17)18-14-10-9-12-5-1-2-6-13(12)19(14)25-26-21(18)28/h1-8,18H,9-11H2,(H,22,27)(H,23,24). The molecule has 2 amide bonds. The Balaban J connectivity index is 1.40. The first-order valence-electron chi connectivity index (χ1n) is 9.19. The molecule has 3 aromatic rings. The van der Waals surface area contributed by atoms with E-state index in [4.69, 9.17) is 0 Å². The first-order valence-corrected chi connectivity index (χ1v) is 9.19. The van der Waals surface area contributed by atoms with Crippen LogP contribution in [-0.2, 0) is 22.6 Å². The molecule has 2 aromatic carbocycles. The Morgan fingerprint density at radius 2 is 1.89 bits per heavy atom. The molecule has 1 aliphatic carbocycles. The molecule has 2 aliphatic rings. The molecule has 1 aliphatic heterocycles. The van der Waals surface area contributed by atoms with Gasteiger partial charge in [0.2, 0.25) is 5.91 Å². The molecule has 2 N–H and O–H groups in total. The van der Waals surface area contributed by atoms with Gasteiger partial charge in [-0.2, -0.15) is 0 Å². The first kappa shape index (κ1) is 16.6. The van der Waals surface area contributed by atoms with E-state index in [1.54, 1.807) is 0 Å². The zero-order chi connectivity index (χ0) is 19.1. The molecule has 0 radical (unpaired) electrons. The summed E-state index contributed by atoms with van der Waals surface area (Å²) in [6.07, 6.45) is 1.41. The molecule has 0 spiro atoms. The highest BCUT2D eigenvalue weighted by Crippen LogP contribution is 2.39. The lowest BCUT2D eigenvalue weighted by Crippen LogP contribution is -2.37. The Bertz CT molecular complexity index is 1140. The SMILES string of the molecule is O=C1N=NC2=C(CCc3ccccc32)C1C(=O)NCc1nc2ccccc2[nH]1. The lowest BCUT2D eigenvalue weighted by atomic mass is 9.82. The van der Waals surface area contributed by atoms with Crippen LogP contribution in [0.3, 0.4) is 0 Å². The summed E-state index contributed by atoms with van der Waals surface area (Å²) in [5.74, 6) is -1.16. The zero-order valence-electron chi connectivity index (χ0n) is 15.0. The van der Waals surface area contributed by atoms with E-state index in [-0.39, 0.29) is 12.5 Å². The second kappa shape index (κ2) is 6.53. The van der Waals surface area contributed by atoms with Gasteiger partial charge >= 0.3 is 0 Å². The molecule has 5 rings (SSSR count). The van der Waals surface area contributed by atoms with Gasteiger partial charge in [0.15, 0.2) is 0 Å². The number of amides is 2. The average molecular weight is 371 g/mol. The lowest BCUT2D eigenvalue weighted by molar-refractivity contribution is -0.132. The van der Waals surface area contributed by atoms with Crippen molar-refractivity contribution in [2.24, 2.45) is 16.1 Å². The van der Waals surface area contributed by atoms with Gasteiger partial charge in [-0.15, -0.1) is 10.2 Å². The van der Waals surface area contributed by atoms with Gasteiger partial charge in [0.25, 0.3) is 5.91 Å². The van der Waals surface area contributed by atoms with E-state index in [0.29, 0.717) is 17.9 Å². The molecule has 1 unspecified atom stereocenters. The number of benzene rings is 2. The third kappa shape index (κ3) is 2.72. The highest BCUT2D eigenvalue weighted by molar-refractivity contribution is 6.06. The predicted molar refractivity (Wildman–Crippen MR) is 103 cm³/mol. The van der Waals surface area contributed by atoms with E-state index in [2.05, 4.69) is 25.5 Å². The molecule has 7 nitrogen and oxygen atoms in total. The molecular weight excluding hydrogens is 354 g/mol. The van der Waals surface area contributed by atoms with Gasteiger partial charge in [0.05, 0.1) is 23.3 Å². The van der Waals surface area contributed by atoms with Crippen molar-refractivity contribution in [1.29, 1.82) is 0 Å². The number of hydrogen-bond donors (Lipinski definition) is 2. The summed E-state index contributed by atoms with van der Waals surface area (Å²) in [4.78, 5) is 32.9. The number of imidazole rings is 1. The number of hydrogen-bond acceptors (Lipinski definition) is 4. The number of carbonyl (C=O) groups is 2. The van der Waals surface area contributed by atoms with Crippen LogP contribution in [0.15, 0.2) is 64.3 Å². The molecule has 0 saturated carbocycles. The van der Waals surface area contributed by atoms with Gasteiger partial charge in [-0.25, -0.2) is 4.98 Å². The van der Waals surface area contributed by atoms with Crippen molar-refractivity contribution >= 4 is 28.5 Å². The summed E-state index contributed by atoms with van der Waals surface area (Å²) in [5, 5.41) is 10.7. The molecule has 0 saturated heterocycles. The lowest BCUT2D eigenvalue weighted by Gasteiger charge is -2.26. The summed E-state index contributed by atoms with van der Waals surface area (Å²) < 4.78 is 0. The molecule has 0 fully saturated rings. The number of para-hydroxylation sites is 2. The second-order valence-electron chi connectivity index (χ2n) is 6.92. The Labute approximate surface area is 160 Å². The number of aromatic nitrogens is 2. The summed E-state index contributed by atoms with van der Waals surface area (Å²) in [6, 6.07) is 15.6. The average Bonchev–Trinajstić information content (AvgIpc) is 3.14. The van der Waals surface area contributed by atoms with Crippen molar-refractivity contribution < 1.29 is 9.59 Å². The first-order chi connectivity index (χ1) is 13.7. The van der Waals surface area contributed by atoms with Crippen LogP contribution in [-0.4, -0.2) is 21.8 Å². The van der Waals surface area contributed by atoms with E-state index in [0.717, 1.165) is 34.2 Å². The van der Waals surface area contributed by atoms with Gasteiger partial charge < -0.3 is 10.3 Å². The molecule has 7 heteroatoms. The highest BCUT2D eigenvalue weighted by Gasteiger charge is 2.37. The number of aromatic amines is 1. The third-order valence-electron chi connectivity index (χ3n) is 5.21. The van der Waals surface area contributed by atoms with Crippen LogP contribution in [0.25, 0.3) is 16.7 Å². The molecular formula is C21H17N5O2. The van der Waals surface area contributed by atoms with Crippen molar-refractivity contribution in [2.45, 2.75) is 19.4 Å². The Morgan fingerprint density at radius 1 is 1.07 bits per heavy atom. The van der Waals surface area contributed by atoms with Crippen LogP contribution in [0.1, 0.15) is 23.4 Å². The number of aryl methyl sites for hydroxylation is 1. The normalized spacial score (nSPS) is 18.1. The van der Waals surface area contributed by atoms with Crippen molar-refractivity contribution in [3.63, 3.8) is 0 Å². The predicted octanol–water partition coefficient (Wildman–Crippen LogP) is 3.15. The molecule has 28 heavy (non-hydrogen) atoms. The van der Waals surface area contributed by atoms with Gasteiger partial charge in [-0.3, -0.25) is 9.59 Å². The van der Waals surface area contributed by atoms with E-state index >= 15 is 0 Å². The summed E-state index contributed by atoms with van der Waals surface area (Å²) in [7, 11) is 0. The van der Waals surface area contributed by atoms with Gasteiger partial charge in [-0.05, 0) is 36.1 Å². The Morgan fingerprint density at radius 3 is 2.79 bits per heavy atom. The number of nitrogens with zero attached hydrogens (tertiary/aromatic N) is 3. The van der Waals surface area contributed by atoms with Crippen LogP contribution < -0.4 is 5.32 Å². The second-order valence-corrected chi connectivity index (χ2v) is 6.92. The fourth-order valence-electron chi connectivity index (χ4n) is 3.87. The molecule has 0 bridgehead atoms. The molecule has 1 aromatic heterocycles. The van der Waals surface area contributed by atoms with E-state index in [9.17, 15) is 9.59 Å². The highest BCUT2D eigenvalue weighted by atomic mass is 16.2. The number of nitrogens with one attached hydrogen (secondary N) is 2. The summed E-state index contributed by atoms with van der Waals surface area (Å²) >= 11 is 0. The largest absolute Gasteiger partial charge is 0.348 e. The minimum absolute atomic E-state index is 0.216. The summed E-state index contributed by atoms with van der Waals surface area (Å²) in [6.45, 7) is 0.216. The van der Waals surface area contributed by atoms with Crippen LogP contribution in [0.4, 0.5) is 0 Å². The van der Waals surface area contributed by atoms with E-state index in [1.807, 2.05) is 48.5 Å². The third-order valence-corrected chi connectivity index (χ3v) is 5.21. The minimum Gasteiger partial charge on any atom is -0.348 e. The quantitative estimate of drug-likeness (QED) is 0.692. The fourth-order valence-corrected chi connectivity index (χ4v) is 3.87. The molecule has 138 valence electrons. The van der Waals surface area contributed by atoms with Crippen molar-refractivity contribution in [2.75, 3.05) is 0 Å². The maximum Gasteiger partial charge on any atom is 0.281 e. The van der Waals surface area contributed by atoms with Crippen LogP contribution in [0.5, 0.6) is 0 Å². The van der Waals surface area contributed by atoms with Gasteiger partial charge in [-0.1, -0.05) is 36.4 Å². The van der Waals surface area contributed by atoms with Crippen molar-refractivity contribution in [3.05, 3.63) is 71.1 Å². The monoisotopic (exact) mass is 371 g/mol. The maximum absolute atomic E-state index is 12.9. The van der Waals surface area contributed by atoms with E-state index in [1.165, 1.54) is 0 Å². The number of rotatable bonds is 3. The molecule has 1 atom stereocenters. The maximum atomic E-state index is 12.9. The molecule has 2 heterocycles. The number of fused-ring (bicyclic) bond motifs is 3. The number of H-pyrrole nitrogens is 1. The summed E-state index contributed by atoms with van der Waals surface area (Å²) in [5.41, 5.74) is 5.27. The Kier molecular flexibility index (Phi) is 3.86. The van der Waals surface area contributed by atoms with Crippen molar-refractivity contribution in [3.8, 4) is 0 Å². The van der Waals surface area contributed by atoms with Crippen molar-refractivity contribution in [1.82, 2.24) is 15.3 Å². The van der Waals surface area contributed by atoms with Crippen LogP contribution >= 0.6 is 0 Å². The smallest absolute Gasteiger partial charge is 0.281 e. The van der Waals surface area contributed by atoms with Crippen LogP contribution in [0, 0.1) is 5.92 Å². The van der Waals surface area contributed by atoms with E-state index < -0.39 is 11.8 Å².